The van der Waals surface area contributed by atoms with Crippen LogP contribution in [-0.4, -0.2) is 35.6 Å². The van der Waals surface area contributed by atoms with Gasteiger partial charge in [-0.05, 0) is 31.9 Å². The first kappa shape index (κ1) is 14.6. The average molecular weight is 300 g/mol. The fourth-order valence-corrected chi connectivity index (χ4v) is 2.84. The second kappa shape index (κ2) is 6.17. The third kappa shape index (κ3) is 2.81. The lowest BCUT2D eigenvalue weighted by molar-refractivity contribution is -0.148. The lowest BCUT2D eigenvalue weighted by atomic mass is 9.98. The Bertz CT molecular complexity index is 689. The molecule has 1 aliphatic heterocycles. The van der Waals surface area contributed by atoms with Crippen molar-refractivity contribution < 1.29 is 9.53 Å². The number of hydrogen-bond acceptors (Lipinski definition) is 6. The minimum Gasteiger partial charge on any atom is -0.466 e. The van der Waals surface area contributed by atoms with E-state index in [1.54, 1.807) is 0 Å². The first-order valence-electron chi connectivity index (χ1n) is 7.63. The average Bonchev–Trinajstić information content (AvgIpc) is 2.55. The number of nitrogens with zero attached hydrogens (tertiary/aromatic N) is 3. The van der Waals surface area contributed by atoms with E-state index in [-0.39, 0.29) is 11.9 Å². The quantitative estimate of drug-likeness (QED) is 0.873. The molecular formula is C16H20N4O2. The van der Waals surface area contributed by atoms with Gasteiger partial charge >= 0.3 is 5.97 Å². The molecule has 0 spiro atoms. The van der Waals surface area contributed by atoms with Gasteiger partial charge in [0.15, 0.2) is 0 Å². The van der Waals surface area contributed by atoms with Crippen molar-refractivity contribution in [1.29, 1.82) is 0 Å². The van der Waals surface area contributed by atoms with E-state index in [0.717, 1.165) is 30.3 Å². The van der Waals surface area contributed by atoms with Gasteiger partial charge in [-0.1, -0.05) is 12.1 Å². The Morgan fingerprint density at radius 1 is 1.41 bits per heavy atom. The van der Waals surface area contributed by atoms with Crippen LogP contribution in [0.5, 0.6) is 0 Å². The summed E-state index contributed by atoms with van der Waals surface area (Å²) in [5.41, 5.74) is 6.86. The molecule has 0 radical (unpaired) electrons. The molecule has 0 aliphatic carbocycles. The molecule has 6 nitrogen and oxygen atoms in total. The number of esters is 1. The molecule has 2 heterocycles. The van der Waals surface area contributed by atoms with Crippen LogP contribution in [0.25, 0.3) is 10.9 Å². The fourth-order valence-electron chi connectivity index (χ4n) is 2.84. The fraction of sp³-hybridized carbons (Fsp3) is 0.438. The van der Waals surface area contributed by atoms with E-state index in [2.05, 4.69) is 9.97 Å². The molecule has 1 aromatic heterocycles. The van der Waals surface area contributed by atoms with E-state index < -0.39 is 0 Å². The highest BCUT2D eigenvalue weighted by molar-refractivity contribution is 5.88. The van der Waals surface area contributed by atoms with Gasteiger partial charge in [-0.15, -0.1) is 0 Å². The van der Waals surface area contributed by atoms with Crippen molar-refractivity contribution >= 4 is 28.6 Å². The van der Waals surface area contributed by atoms with Gasteiger partial charge in [0, 0.05) is 18.5 Å². The van der Waals surface area contributed by atoms with Crippen LogP contribution in [0.2, 0.25) is 0 Å². The van der Waals surface area contributed by atoms with Crippen LogP contribution in [0.15, 0.2) is 24.3 Å². The summed E-state index contributed by atoms with van der Waals surface area (Å²) in [7, 11) is 0. The minimum atomic E-state index is -0.138. The number of ether oxygens (including phenoxy) is 1. The number of anilines is 2. The normalized spacial score (nSPS) is 18.4. The number of para-hydroxylation sites is 1. The van der Waals surface area contributed by atoms with Crippen LogP contribution in [-0.2, 0) is 9.53 Å². The molecule has 0 saturated carbocycles. The number of benzene rings is 1. The van der Waals surface area contributed by atoms with Gasteiger partial charge in [0.05, 0.1) is 18.0 Å². The van der Waals surface area contributed by atoms with Crippen molar-refractivity contribution in [1.82, 2.24) is 9.97 Å². The van der Waals surface area contributed by atoms with Crippen LogP contribution < -0.4 is 10.6 Å². The van der Waals surface area contributed by atoms with Crippen LogP contribution in [0.3, 0.4) is 0 Å². The largest absolute Gasteiger partial charge is 0.466 e. The zero-order valence-corrected chi connectivity index (χ0v) is 12.7. The second-order valence-electron chi connectivity index (χ2n) is 5.46. The number of carbonyl (C=O) groups is 1. The van der Waals surface area contributed by atoms with Gasteiger partial charge in [0.25, 0.3) is 0 Å². The predicted molar refractivity (Wildman–Crippen MR) is 85.5 cm³/mol. The highest BCUT2D eigenvalue weighted by Gasteiger charge is 2.28. The first-order chi connectivity index (χ1) is 10.7. The van der Waals surface area contributed by atoms with Gasteiger partial charge in [-0.2, -0.15) is 4.98 Å². The van der Waals surface area contributed by atoms with Gasteiger partial charge < -0.3 is 15.4 Å². The summed E-state index contributed by atoms with van der Waals surface area (Å²) in [6, 6.07) is 7.67. The second-order valence-corrected chi connectivity index (χ2v) is 5.46. The Hall–Kier alpha value is -2.37. The molecule has 116 valence electrons. The summed E-state index contributed by atoms with van der Waals surface area (Å²) in [6.45, 7) is 3.64. The Kier molecular flexibility index (Phi) is 4.09. The molecule has 1 atom stereocenters. The smallest absolute Gasteiger partial charge is 0.310 e. The Balaban J connectivity index is 1.85. The third-order valence-corrected chi connectivity index (χ3v) is 3.95. The van der Waals surface area contributed by atoms with E-state index in [4.69, 9.17) is 10.5 Å². The van der Waals surface area contributed by atoms with Crippen molar-refractivity contribution in [3.8, 4) is 0 Å². The van der Waals surface area contributed by atoms with Crippen LogP contribution in [0.1, 0.15) is 19.8 Å². The number of carbonyl (C=O) groups excluding carboxylic acids is 1. The maximum atomic E-state index is 11.9. The van der Waals surface area contributed by atoms with E-state index in [1.165, 1.54) is 0 Å². The summed E-state index contributed by atoms with van der Waals surface area (Å²) in [5.74, 6) is 0.801. The molecule has 0 unspecified atom stereocenters. The monoisotopic (exact) mass is 300 g/mol. The lowest BCUT2D eigenvalue weighted by Crippen LogP contribution is -2.40. The molecule has 2 aromatic rings. The summed E-state index contributed by atoms with van der Waals surface area (Å²) < 4.78 is 5.13. The topological polar surface area (TPSA) is 81.3 Å². The zero-order valence-electron chi connectivity index (χ0n) is 12.7. The van der Waals surface area contributed by atoms with Crippen molar-refractivity contribution in [3.05, 3.63) is 24.3 Å². The highest BCUT2D eigenvalue weighted by Crippen LogP contribution is 2.25. The van der Waals surface area contributed by atoms with Crippen LogP contribution >= 0.6 is 0 Å². The summed E-state index contributed by atoms with van der Waals surface area (Å²) in [5, 5.41) is 0.852. The predicted octanol–water partition coefficient (Wildman–Crippen LogP) is 1.99. The molecule has 6 heteroatoms. The van der Waals surface area contributed by atoms with Crippen molar-refractivity contribution in [2.45, 2.75) is 19.8 Å². The van der Waals surface area contributed by atoms with Gasteiger partial charge in [0.2, 0.25) is 5.95 Å². The highest BCUT2D eigenvalue weighted by atomic mass is 16.5. The van der Waals surface area contributed by atoms with E-state index in [0.29, 0.717) is 24.9 Å². The molecule has 3 rings (SSSR count). The molecule has 1 aliphatic rings. The Morgan fingerprint density at radius 2 is 2.23 bits per heavy atom. The van der Waals surface area contributed by atoms with Crippen molar-refractivity contribution in [3.63, 3.8) is 0 Å². The van der Waals surface area contributed by atoms with Crippen molar-refractivity contribution in [2.75, 3.05) is 30.3 Å². The summed E-state index contributed by atoms with van der Waals surface area (Å²) >= 11 is 0. The number of rotatable bonds is 3. The van der Waals surface area contributed by atoms with Crippen molar-refractivity contribution in [2.24, 2.45) is 5.92 Å². The lowest BCUT2D eigenvalue weighted by Gasteiger charge is -2.31. The number of piperidine rings is 1. The van der Waals surface area contributed by atoms with E-state index in [1.807, 2.05) is 36.1 Å². The Morgan fingerprint density at radius 3 is 3.05 bits per heavy atom. The molecule has 1 fully saturated rings. The van der Waals surface area contributed by atoms with E-state index >= 15 is 0 Å². The number of aromatic nitrogens is 2. The van der Waals surface area contributed by atoms with Gasteiger partial charge in [-0.25, -0.2) is 4.98 Å². The van der Waals surface area contributed by atoms with Gasteiger partial charge in [0.1, 0.15) is 5.82 Å². The molecule has 22 heavy (non-hydrogen) atoms. The SMILES string of the molecule is CCOC(=O)[C@H]1CCCN(c2nc(N)c3ccccc3n2)C1. The molecule has 2 N–H and O–H groups in total. The first-order valence-corrected chi connectivity index (χ1v) is 7.63. The maximum absolute atomic E-state index is 11.9. The summed E-state index contributed by atoms with van der Waals surface area (Å²) in [6.07, 6.45) is 1.76. The zero-order chi connectivity index (χ0) is 15.5. The number of hydrogen-bond donors (Lipinski definition) is 1. The van der Waals surface area contributed by atoms with E-state index in [9.17, 15) is 4.79 Å². The van der Waals surface area contributed by atoms with Crippen LogP contribution in [0.4, 0.5) is 11.8 Å². The molecule has 1 aromatic carbocycles. The number of nitrogens with two attached hydrogens (primary N) is 1. The third-order valence-electron chi connectivity index (χ3n) is 3.95. The minimum absolute atomic E-state index is 0.120. The molecule has 1 saturated heterocycles. The molecule has 0 amide bonds. The molecule has 0 bridgehead atoms. The maximum Gasteiger partial charge on any atom is 0.310 e. The molecular weight excluding hydrogens is 280 g/mol. The number of nitrogen functional groups attached to an aromatic ring is 1. The number of fused-ring (bicyclic) bond motifs is 1. The van der Waals surface area contributed by atoms with Gasteiger partial charge in [-0.3, -0.25) is 4.79 Å². The van der Waals surface area contributed by atoms with Crippen LogP contribution in [0, 0.1) is 5.92 Å². The standard InChI is InChI=1S/C16H20N4O2/c1-2-22-15(21)11-6-5-9-20(10-11)16-18-13-8-4-3-7-12(13)14(17)19-16/h3-4,7-8,11H,2,5-6,9-10H2,1H3,(H2,17,18,19)/t11-/m0/s1. The summed E-state index contributed by atoms with van der Waals surface area (Å²) in [4.78, 5) is 22.9. The Labute approximate surface area is 129 Å².